The van der Waals surface area contributed by atoms with Gasteiger partial charge in [0.2, 0.25) is 0 Å². The molecule has 0 saturated heterocycles. The zero-order chi connectivity index (χ0) is 17.8. The van der Waals surface area contributed by atoms with E-state index in [0.717, 1.165) is 25.4 Å². The normalized spacial score (nSPS) is 10.5. The first kappa shape index (κ1) is 17.6. The number of nitriles is 1. The van der Waals surface area contributed by atoms with E-state index < -0.39 is 0 Å². The Labute approximate surface area is 157 Å². The smallest absolute Gasteiger partial charge is 0.120 e. The predicted octanol–water partition coefficient (Wildman–Crippen LogP) is 6.18. The number of aryl methyl sites for hydroxylation is 3. The van der Waals surface area contributed by atoms with Crippen molar-refractivity contribution in [2.75, 3.05) is 0 Å². The van der Waals surface area contributed by atoms with Crippen molar-refractivity contribution in [1.29, 1.82) is 5.26 Å². The van der Waals surface area contributed by atoms with Crippen molar-refractivity contribution in [2.45, 2.75) is 40.6 Å². The molecule has 0 radical (unpaired) electrons. The van der Waals surface area contributed by atoms with Gasteiger partial charge in [-0.3, -0.25) is 0 Å². The van der Waals surface area contributed by atoms with Crippen molar-refractivity contribution in [3.63, 3.8) is 0 Å². The highest BCUT2D eigenvalue weighted by atomic mass is 32.2. The van der Waals surface area contributed by atoms with Gasteiger partial charge in [-0.2, -0.15) is 5.26 Å². The number of benzene rings is 2. The van der Waals surface area contributed by atoms with Gasteiger partial charge in [-0.15, -0.1) is 0 Å². The molecule has 1 heterocycles. The molecule has 0 saturated carbocycles. The van der Waals surface area contributed by atoms with Crippen LogP contribution in [0.5, 0.6) is 0 Å². The van der Waals surface area contributed by atoms with Crippen LogP contribution in [0, 0.1) is 32.1 Å². The van der Waals surface area contributed by atoms with Crippen LogP contribution in [0.15, 0.2) is 74.4 Å². The van der Waals surface area contributed by atoms with Crippen LogP contribution in [-0.4, -0.2) is 4.98 Å². The molecule has 25 heavy (non-hydrogen) atoms. The minimum Gasteiger partial charge on any atom is -0.233 e. The summed E-state index contributed by atoms with van der Waals surface area (Å²) < 4.78 is 0. The fourth-order valence-corrected chi connectivity index (χ4v) is 4.21. The van der Waals surface area contributed by atoms with Gasteiger partial charge in [-0.25, -0.2) is 4.98 Å². The lowest BCUT2D eigenvalue weighted by molar-refractivity contribution is 0.975. The Bertz CT molecular complexity index is 924. The lowest BCUT2D eigenvalue weighted by atomic mass is 10.2. The van der Waals surface area contributed by atoms with Gasteiger partial charge in [-0.1, -0.05) is 58.9 Å². The highest BCUT2D eigenvalue weighted by Gasteiger charge is 2.12. The van der Waals surface area contributed by atoms with Crippen LogP contribution in [-0.2, 0) is 0 Å². The summed E-state index contributed by atoms with van der Waals surface area (Å²) in [7, 11) is 0. The highest BCUT2D eigenvalue weighted by molar-refractivity contribution is 8.00. The molecule has 0 amide bonds. The Morgan fingerprint density at radius 1 is 0.800 bits per heavy atom. The maximum Gasteiger partial charge on any atom is 0.120 e. The second kappa shape index (κ2) is 7.77. The average molecular weight is 363 g/mol. The maximum atomic E-state index is 9.52. The van der Waals surface area contributed by atoms with Crippen LogP contribution >= 0.6 is 23.5 Å². The quantitative estimate of drug-likeness (QED) is 0.555. The van der Waals surface area contributed by atoms with E-state index in [1.165, 1.54) is 11.1 Å². The second-order valence-electron chi connectivity index (χ2n) is 5.90. The van der Waals surface area contributed by atoms with E-state index in [1.54, 1.807) is 23.5 Å². The molecule has 1 aromatic heterocycles. The molecule has 3 rings (SSSR count). The molecule has 124 valence electrons. The molecule has 3 aromatic rings. The number of hydrogen-bond acceptors (Lipinski definition) is 4. The fraction of sp³-hybridized carbons (Fsp3) is 0.143. The highest BCUT2D eigenvalue weighted by Crippen LogP contribution is 2.34. The monoisotopic (exact) mass is 362 g/mol. The summed E-state index contributed by atoms with van der Waals surface area (Å²) in [4.78, 5) is 6.98. The van der Waals surface area contributed by atoms with E-state index in [1.807, 2.05) is 13.0 Å². The van der Waals surface area contributed by atoms with Gasteiger partial charge in [0.1, 0.15) is 16.1 Å². The van der Waals surface area contributed by atoms with Gasteiger partial charge in [0, 0.05) is 9.79 Å². The maximum absolute atomic E-state index is 9.52. The Balaban J connectivity index is 1.93. The first-order chi connectivity index (χ1) is 12.0. The van der Waals surface area contributed by atoms with E-state index in [-0.39, 0.29) is 0 Å². The number of hydrogen-bond donors (Lipinski definition) is 0. The first-order valence-corrected chi connectivity index (χ1v) is 9.59. The molecule has 0 spiro atoms. The number of pyridine rings is 1. The Morgan fingerprint density at radius 3 is 1.84 bits per heavy atom. The third kappa shape index (κ3) is 4.45. The Hall–Kier alpha value is -2.22. The van der Waals surface area contributed by atoms with Crippen LogP contribution < -0.4 is 0 Å². The summed E-state index contributed by atoms with van der Waals surface area (Å²) in [5, 5.41) is 11.2. The fourth-order valence-electron chi connectivity index (χ4n) is 2.32. The molecule has 4 heteroatoms. The standard InChI is InChI=1S/C21H18N2S2/c1-14-4-8-17(9-5-14)24-20-12-16(3)19(13-22)21(23-20)25-18-10-6-15(2)7-11-18/h4-12H,1-3H3. The van der Waals surface area contributed by atoms with Crippen molar-refractivity contribution >= 4 is 23.5 Å². The van der Waals surface area contributed by atoms with Crippen LogP contribution in [0.3, 0.4) is 0 Å². The van der Waals surface area contributed by atoms with E-state index in [9.17, 15) is 5.26 Å². The van der Waals surface area contributed by atoms with Gasteiger partial charge in [0.25, 0.3) is 0 Å². The van der Waals surface area contributed by atoms with Gasteiger partial charge < -0.3 is 0 Å². The van der Waals surface area contributed by atoms with Crippen LogP contribution in [0.4, 0.5) is 0 Å². The third-order valence-corrected chi connectivity index (χ3v) is 5.67. The molecule has 0 aliphatic carbocycles. The zero-order valence-electron chi connectivity index (χ0n) is 14.4. The van der Waals surface area contributed by atoms with Gasteiger partial charge >= 0.3 is 0 Å². The SMILES string of the molecule is Cc1ccc(Sc2cc(C)c(C#N)c(Sc3ccc(C)cc3)n2)cc1. The van der Waals surface area contributed by atoms with Gasteiger partial charge in [-0.05, 0) is 56.7 Å². The van der Waals surface area contributed by atoms with Crippen molar-refractivity contribution in [2.24, 2.45) is 0 Å². The number of aromatic nitrogens is 1. The van der Waals surface area contributed by atoms with Gasteiger partial charge in [0.05, 0.1) is 5.56 Å². The molecule has 0 fully saturated rings. The molecule has 0 atom stereocenters. The number of nitrogens with zero attached hydrogens (tertiary/aromatic N) is 2. The topological polar surface area (TPSA) is 36.7 Å². The zero-order valence-corrected chi connectivity index (χ0v) is 16.0. The molecule has 0 aliphatic heterocycles. The predicted molar refractivity (Wildman–Crippen MR) is 104 cm³/mol. The Morgan fingerprint density at radius 2 is 1.32 bits per heavy atom. The molecular weight excluding hydrogens is 344 g/mol. The van der Waals surface area contributed by atoms with Crippen molar-refractivity contribution in [3.05, 3.63) is 76.9 Å². The van der Waals surface area contributed by atoms with E-state index in [2.05, 4.69) is 68.4 Å². The molecular formula is C21H18N2S2. The molecule has 2 nitrogen and oxygen atoms in total. The lowest BCUT2D eigenvalue weighted by Crippen LogP contribution is -1.94. The summed E-state index contributed by atoms with van der Waals surface area (Å²) >= 11 is 3.16. The summed E-state index contributed by atoms with van der Waals surface area (Å²) in [6, 6.07) is 21.0. The molecule has 0 unspecified atom stereocenters. The summed E-state index contributed by atoms with van der Waals surface area (Å²) in [6.07, 6.45) is 0. The van der Waals surface area contributed by atoms with Crippen molar-refractivity contribution in [3.8, 4) is 6.07 Å². The molecule has 0 aliphatic rings. The minimum atomic E-state index is 0.652. The van der Waals surface area contributed by atoms with Gasteiger partial charge in [0.15, 0.2) is 0 Å². The Kier molecular flexibility index (Phi) is 5.47. The van der Waals surface area contributed by atoms with Crippen LogP contribution in [0.25, 0.3) is 0 Å². The molecule has 2 aromatic carbocycles. The van der Waals surface area contributed by atoms with E-state index in [4.69, 9.17) is 4.98 Å². The third-order valence-electron chi connectivity index (χ3n) is 3.75. The van der Waals surface area contributed by atoms with Crippen molar-refractivity contribution < 1.29 is 0 Å². The molecule has 0 N–H and O–H groups in total. The lowest BCUT2D eigenvalue weighted by Gasteiger charge is -2.09. The summed E-state index contributed by atoms with van der Waals surface area (Å²) in [6.45, 7) is 6.11. The van der Waals surface area contributed by atoms with Crippen molar-refractivity contribution in [1.82, 2.24) is 4.98 Å². The van der Waals surface area contributed by atoms with E-state index >= 15 is 0 Å². The summed E-state index contributed by atoms with van der Waals surface area (Å²) in [5.74, 6) is 0. The first-order valence-electron chi connectivity index (χ1n) is 7.96. The molecule has 0 bridgehead atoms. The second-order valence-corrected chi connectivity index (χ2v) is 8.06. The minimum absolute atomic E-state index is 0.652. The number of rotatable bonds is 4. The van der Waals surface area contributed by atoms with Crippen LogP contribution in [0.1, 0.15) is 22.3 Å². The van der Waals surface area contributed by atoms with Crippen LogP contribution in [0.2, 0.25) is 0 Å². The summed E-state index contributed by atoms with van der Waals surface area (Å²) in [5.41, 5.74) is 4.07. The largest absolute Gasteiger partial charge is 0.233 e. The van der Waals surface area contributed by atoms with E-state index in [0.29, 0.717) is 5.56 Å². The average Bonchev–Trinajstić information content (AvgIpc) is 2.59.